The van der Waals surface area contributed by atoms with E-state index >= 15 is 0 Å². The molecule has 0 heterocycles. The highest BCUT2D eigenvalue weighted by Crippen LogP contribution is 2.16. The summed E-state index contributed by atoms with van der Waals surface area (Å²) in [4.78, 5) is 0. The van der Waals surface area contributed by atoms with Gasteiger partial charge in [0.15, 0.2) is 0 Å². The third kappa shape index (κ3) is 5.76. The fraction of sp³-hybridized carbons (Fsp3) is 0.188. The Hall–Kier alpha value is -2.00. The zero-order chi connectivity index (χ0) is 14.8. The van der Waals surface area contributed by atoms with E-state index in [9.17, 15) is 0 Å². The summed E-state index contributed by atoms with van der Waals surface area (Å²) in [6.07, 6.45) is 7.90. The highest BCUT2D eigenvalue weighted by Gasteiger charge is 2.01. The summed E-state index contributed by atoms with van der Waals surface area (Å²) in [5.74, 6) is 0.747. The molecule has 0 saturated carbocycles. The Balaban J connectivity index is 2.66. The molecule has 20 heavy (non-hydrogen) atoms. The number of nitrogens with zero attached hydrogens (tertiary/aromatic N) is 1. The standard InChI is InChI=1S/C16H18ClNO2/c1-3-5-7-13(4-2)12-20-15-9-6-8-14(10-15)11-16(17)18-19/h3-10,19H,1,11-12H2,2H3/b7-5-,13-4+,18-16-. The van der Waals surface area contributed by atoms with Crippen LogP contribution in [0.25, 0.3) is 0 Å². The molecular weight excluding hydrogens is 274 g/mol. The van der Waals surface area contributed by atoms with Crippen LogP contribution in [0.4, 0.5) is 0 Å². The van der Waals surface area contributed by atoms with E-state index in [0.717, 1.165) is 16.9 Å². The van der Waals surface area contributed by atoms with E-state index in [-0.39, 0.29) is 5.17 Å². The van der Waals surface area contributed by atoms with E-state index in [1.165, 1.54) is 0 Å². The highest BCUT2D eigenvalue weighted by atomic mass is 35.5. The van der Waals surface area contributed by atoms with E-state index in [1.54, 1.807) is 6.08 Å². The Labute approximate surface area is 124 Å². The van der Waals surface area contributed by atoms with Gasteiger partial charge in [-0.15, -0.1) is 0 Å². The second-order valence-corrected chi connectivity index (χ2v) is 4.48. The van der Waals surface area contributed by atoms with Gasteiger partial charge in [-0.05, 0) is 30.2 Å². The summed E-state index contributed by atoms with van der Waals surface area (Å²) in [7, 11) is 0. The van der Waals surface area contributed by atoms with E-state index in [2.05, 4.69) is 11.7 Å². The number of oxime groups is 1. The number of benzene rings is 1. The van der Waals surface area contributed by atoms with Crippen molar-refractivity contribution in [3.05, 3.63) is 66.3 Å². The number of rotatable bonds is 7. The first-order valence-corrected chi connectivity index (χ1v) is 6.59. The Bertz CT molecular complexity index is 533. The monoisotopic (exact) mass is 291 g/mol. The van der Waals surface area contributed by atoms with Crippen molar-refractivity contribution in [1.29, 1.82) is 0 Å². The van der Waals surface area contributed by atoms with Gasteiger partial charge in [0.2, 0.25) is 0 Å². The maximum Gasteiger partial charge on any atom is 0.149 e. The molecule has 0 aliphatic carbocycles. The minimum Gasteiger partial charge on any atom is -0.489 e. The largest absolute Gasteiger partial charge is 0.489 e. The van der Waals surface area contributed by atoms with Gasteiger partial charge < -0.3 is 9.94 Å². The Morgan fingerprint density at radius 1 is 1.50 bits per heavy atom. The van der Waals surface area contributed by atoms with Crippen molar-refractivity contribution in [2.24, 2.45) is 5.16 Å². The molecule has 4 heteroatoms. The van der Waals surface area contributed by atoms with Crippen LogP contribution in [0.3, 0.4) is 0 Å². The van der Waals surface area contributed by atoms with Gasteiger partial charge in [-0.3, -0.25) is 0 Å². The molecule has 0 aromatic heterocycles. The zero-order valence-corrected chi connectivity index (χ0v) is 12.2. The number of hydrogen-bond acceptors (Lipinski definition) is 3. The average Bonchev–Trinajstić information content (AvgIpc) is 2.47. The van der Waals surface area contributed by atoms with Crippen LogP contribution in [-0.2, 0) is 6.42 Å². The van der Waals surface area contributed by atoms with Gasteiger partial charge in [-0.25, -0.2) is 0 Å². The molecule has 0 saturated heterocycles. The molecule has 0 aliphatic heterocycles. The van der Waals surface area contributed by atoms with Crippen molar-refractivity contribution in [3.63, 3.8) is 0 Å². The fourth-order valence-corrected chi connectivity index (χ4v) is 1.69. The maximum absolute atomic E-state index is 8.56. The van der Waals surface area contributed by atoms with Gasteiger partial charge in [-0.2, -0.15) is 0 Å². The smallest absolute Gasteiger partial charge is 0.149 e. The van der Waals surface area contributed by atoms with Crippen LogP contribution in [0.1, 0.15) is 12.5 Å². The van der Waals surface area contributed by atoms with Gasteiger partial charge in [0.05, 0.1) is 0 Å². The second kappa shape index (κ2) is 8.99. The third-order valence-electron chi connectivity index (χ3n) is 2.58. The maximum atomic E-state index is 8.56. The van der Waals surface area contributed by atoms with Gasteiger partial charge in [0.1, 0.15) is 17.5 Å². The lowest BCUT2D eigenvalue weighted by Crippen LogP contribution is -2.00. The van der Waals surface area contributed by atoms with Crippen LogP contribution in [0.15, 0.2) is 65.9 Å². The van der Waals surface area contributed by atoms with Crippen molar-refractivity contribution >= 4 is 16.8 Å². The Morgan fingerprint density at radius 3 is 2.95 bits per heavy atom. The fourth-order valence-electron chi connectivity index (χ4n) is 1.54. The second-order valence-electron chi connectivity index (χ2n) is 4.05. The lowest BCUT2D eigenvalue weighted by atomic mass is 10.1. The van der Waals surface area contributed by atoms with Crippen LogP contribution in [0.5, 0.6) is 5.75 Å². The molecule has 0 fully saturated rings. The predicted molar refractivity (Wildman–Crippen MR) is 83.8 cm³/mol. The van der Waals surface area contributed by atoms with Crippen LogP contribution < -0.4 is 4.74 Å². The first kappa shape index (κ1) is 16.1. The normalized spacial score (nSPS) is 12.7. The van der Waals surface area contributed by atoms with E-state index in [1.807, 2.05) is 49.4 Å². The number of hydrogen-bond donors (Lipinski definition) is 1. The predicted octanol–water partition coefficient (Wildman–Crippen LogP) is 4.32. The molecule has 0 aliphatic rings. The molecule has 1 N–H and O–H groups in total. The minimum absolute atomic E-state index is 0.144. The molecule has 0 spiro atoms. The quantitative estimate of drug-likeness (QED) is 0.352. The third-order valence-corrected chi connectivity index (χ3v) is 2.79. The molecule has 0 bridgehead atoms. The minimum atomic E-state index is 0.144. The van der Waals surface area contributed by atoms with Crippen molar-refractivity contribution < 1.29 is 9.94 Å². The summed E-state index contributed by atoms with van der Waals surface area (Å²) in [5, 5.41) is 11.6. The molecule has 0 radical (unpaired) electrons. The van der Waals surface area contributed by atoms with Gasteiger partial charge in [0.25, 0.3) is 0 Å². The SMILES string of the molecule is C=C/C=C\C(=C/C)COc1cccc(C/C(Cl)=N/O)c1. The zero-order valence-electron chi connectivity index (χ0n) is 11.4. The summed E-state index contributed by atoms with van der Waals surface area (Å²) in [5.41, 5.74) is 1.99. The molecule has 1 aromatic rings. The first-order chi connectivity index (χ1) is 9.69. The van der Waals surface area contributed by atoms with Gasteiger partial charge in [-0.1, -0.05) is 59.8 Å². The number of allylic oxidation sites excluding steroid dienone is 3. The molecular formula is C16H18ClNO2. The molecule has 0 unspecified atom stereocenters. The lowest BCUT2D eigenvalue weighted by molar-refractivity contribution is 0.319. The lowest BCUT2D eigenvalue weighted by Gasteiger charge is -2.08. The summed E-state index contributed by atoms with van der Waals surface area (Å²) in [6, 6.07) is 7.52. The van der Waals surface area contributed by atoms with Crippen LogP contribution in [0.2, 0.25) is 0 Å². The molecule has 1 aromatic carbocycles. The first-order valence-electron chi connectivity index (χ1n) is 6.22. The van der Waals surface area contributed by atoms with Crippen molar-refractivity contribution in [2.45, 2.75) is 13.3 Å². The van der Waals surface area contributed by atoms with Crippen LogP contribution >= 0.6 is 11.6 Å². The average molecular weight is 292 g/mol. The van der Waals surface area contributed by atoms with E-state index in [4.69, 9.17) is 21.5 Å². The molecule has 106 valence electrons. The van der Waals surface area contributed by atoms with Gasteiger partial charge >= 0.3 is 0 Å². The molecule has 3 nitrogen and oxygen atoms in total. The van der Waals surface area contributed by atoms with Crippen molar-refractivity contribution in [1.82, 2.24) is 0 Å². The molecule has 1 rings (SSSR count). The van der Waals surface area contributed by atoms with Crippen LogP contribution in [0, 0.1) is 0 Å². The summed E-state index contributed by atoms with van der Waals surface area (Å²) >= 11 is 5.69. The van der Waals surface area contributed by atoms with Crippen molar-refractivity contribution in [2.75, 3.05) is 6.61 Å². The van der Waals surface area contributed by atoms with E-state index < -0.39 is 0 Å². The number of ether oxygens (including phenoxy) is 1. The number of halogens is 1. The topological polar surface area (TPSA) is 41.8 Å². The summed E-state index contributed by atoms with van der Waals surface area (Å²) in [6.45, 7) is 6.07. The van der Waals surface area contributed by atoms with Crippen LogP contribution in [-0.4, -0.2) is 17.0 Å². The van der Waals surface area contributed by atoms with Gasteiger partial charge in [0, 0.05) is 6.42 Å². The highest BCUT2D eigenvalue weighted by molar-refractivity contribution is 6.65. The van der Waals surface area contributed by atoms with E-state index in [0.29, 0.717) is 13.0 Å². The van der Waals surface area contributed by atoms with Crippen molar-refractivity contribution in [3.8, 4) is 5.75 Å². The molecule has 0 amide bonds. The molecule has 0 atom stereocenters. The Morgan fingerprint density at radius 2 is 2.30 bits per heavy atom. The Kier molecular flexibility index (Phi) is 7.22. The summed E-state index contributed by atoms with van der Waals surface area (Å²) < 4.78 is 5.71.